The topological polar surface area (TPSA) is 55.5 Å². The average Bonchev–Trinajstić information content (AvgIpc) is 2.41. The summed E-state index contributed by atoms with van der Waals surface area (Å²) in [5.74, 6) is -0.352. The van der Waals surface area contributed by atoms with Crippen molar-refractivity contribution in [2.45, 2.75) is 12.4 Å². The molecule has 0 aliphatic carbocycles. The Morgan fingerprint density at radius 2 is 1.68 bits per heavy atom. The summed E-state index contributed by atoms with van der Waals surface area (Å²) >= 11 is 6.49. The summed E-state index contributed by atoms with van der Waals surface area (Å²) in [6.45, 7) is 0. The number of aromatic hydroxyl groups is 1. The highest BCUT2D eigenvalue weighted by atomic mass is 79.9. The van der Waals surface area contributed by atoms with Crippen LogP contribution < -0.4 is 10.5 Å². The number of phenols is 1. The average molecular weight is 441 g/mol. The Morgan fingerprint density at radius 1 is 1.09 bits per heavy atom. The lowest BCUT2D eigenvalue weighted by Crippen LogP contribution is -2.17. The summed E-state index contributed by atoms with van der Waals surface area (Å²) in [6.07, 6.45) is -4.74. The summed E-state index contributed by atoms with van der Waals surface area (Å²) in [5.41, 5.74) is 7.04. The predicted octanol–water partition coefficient (Wildman–Crippen LogP) is 4.86. The second kappa shape index (κ2) is 6.47. The largest absolute Gasteiger partial charge is 0.573 e. The Morgan fingerprint density at radius 3 is 2.23 bits per heavy atom. The van der Waals surface area contributed by atoms with Crippen LogP contribution in [0.1, 0.15) is 17.2 Å². The van der Waals surface area contributed by atoms with Gasteiger partial charge in [0, 0.05) is 10.0 Å². The van der Waals surface area contributed by atoms with Crippen molar-refractivity contribution in [3.63, 3.8) is 0 Å². The van der Waals surface area contributed by atoms with Gasteiger partial charge in [-0.3, -0.25) is 0 Å². The maximum Gasteiger partial charge on any atom is 0.573 e. The van der Waals surface area contributed by atoms with Crippen LogP contribution in [0, 0.1) is 0 Å². The third kappa shape index (κ3) is 4.15. The fourth-order valence-corrected chi connectivity index (χ4v) is 3.14. The van der Waals surface area contributed by atoms with Gasteiger partial charge in [-0.15, -0.1) is 13.2 Å². The van der Waals surface area contributed by atoms with Gasteiger partial charge >= 0.3 is 6.36 Å². The third-order valence-corrected chi connectivity index (χ3v) is 3.93. The molecule has 3 N–H and O–H groups in total. The molecule has 0 aromatic heterocycles. The second-order valence-corrected chi connectivity index (χ2v) is 6.19. The van der Waals surface area contributed by atoms with E-state index in [4.69, 9.17) is 5.73 Å². The maximum absolute atomic E-state index is 12.1. The number of ether oxygens (including phenoxy) is 1. The summed E-state index contributed by atoms with van der Waals surface area (Å²) in [6, 6.07) is 7.78. The monoisotopic (exact) mass is 439 g/mol. The van der Waals surface area contributed by atoms with Crippen molar-refractivity contribution in [2.24, 2.45) is 5.73 Å². The molecule has 1 atom stereocenters. The van der Waals surface area contributed by atoms with Gasteiger partial charge in [0.25, 0.3) is 0 Å². The predicted molar refractivity (Wildman–Crippen MR) is 82.7 cm³/mol. The molecule has 0 saturated carbocycles. The molecule has 0 amide bonds. The first-order valence-corrected chi connectivity index (χ1v) is 7.55. The van der Waals surface area contributed by atoms with E-state index in [-0.39, 0.29) is 11.5 Å². The molecule has 3 nitrogen and oxygen atoms in total. The van der Waals surface area contributed by atoms with Gasteiger partial charge in [-0.1, -0.05) is 28.1 Å². The second-order valence-electron chi connectivity index (χ2n) is 4.42. The van der Waals surface area contributed by atoms with Crippen molar-refractivity contribution < 1.29 is 23.0 Å². The third-order valence-electron chi connectivity index (χ3n) is 2.87. The van der Waals surface area contributed by atoms with Crippen LogP contribution in [0.15, 0.2) is 45.3 Å². The van der Waals surface area contributed by atoms with Crippen molar-refractivity contribution in [2.75, 3.05) is 0 Å². The van der Waals surface area contributed by atoms with Gasteiger partial charge < -0.3 is 15.6 Å². The number of halogens is 5. The molecule has 0 bridgehead atoms. The molecule has 22 heavy (non-hydrogen) atoms. The smallest absolute Gasteiger partial charge is 0.506 e. The highest BCUT2D eigenvalue weighted by Crippen LogP contribution is 2.37. The van der Waals surface area contributed by atoms with Crippen molar-refractivity contribution in [1.82, 2.24) is 0 Å². The molecule has 0 fully saturated rings. The van der Waals surface area contributed by atoms with Gasteiger partial charge in [0.2, 0.25) is 0 Å². The molecule has 0 saturated heterocycles. The SMILES string of the molecule is N[C@H](c1ccc(OC(F)(F)F)cc1)c1cc(Br)cc(Br)c1O. The van der Waals surface area contributed by atoms with E-state index in [1.54, 1.807) is 12.1 Å². The standard InChI is InChI=1S/C14H10Br2F3NO2/c15-8-5-10(13(21)11(16)6-8)12(20)7-1-3-9(4-2-7)22-14(17,18)19/h1-6,12,21H,20H2/t12-/m1/s1. The number of benzene rings is 2. The molecule has 2 aromatic rings. The van der Waals surface area contributed by atoms with Crippen LogP contribution in [0.4, 0.5) is 13.2 Å². The Hall–Kier alpha value is -1.25. The Bertz CT molecular complexity index is 675. The fraction of sp³-hybridized carbons (Fsp3) is 0.143. The molecule has 0 heterocycles. The van der Waals surface area contributed by atoms with Crippen LogP contribution in [0.5, 0.6) is 11.5 Å². The number of rotatable bonds is 3. The van der Waals surface area contributed by atoms with Crippen molar-refractivity contribution >= 4 is 31.9 Å². The van der Waals surface area contributed by atoms with E-state index in [0.29, 0.717) is 20.1 Å². The van der Waals surface area contributed by atoms with Crippen molar-refractivity contribution in [1.29, 1.82) is 0 Å². The van der Waals surface area contributed by atoms with Crippen LogP contribution >= 0.6 is 31.9 Å². The Kier molecular flexibility index (Phi) is 5.03. The minimum atomic E-state index is -4.74. The number of hydrogen-bond donors (Lipinski definition) is 2. The van der Waals surface area contributed by atoms with Crippen LogP contribution in [0.25, 0.3) is 0 Å². The minimum absolute atomic E-state index is 0.0219. The summed E-state index contributed by atoms with van der Waals surface area (Å²) in [7, 11) is 0. The van der Waals surface area contributed by atoms with E-state index in [9.17, 15) is 18.3 Å². The maximum atomic E-state index is 12.1. The molecule has 0 spiro atoms. The first-order valence-electron chi connectivity index (χ1n) is 5.96. The van der Waals surface area contributed by atoms with E-state index >= 15 is 0 Å². The zero-order valence-electron chi connectivity index (χ0n) is 10.9. The highest BCUT2D eigenvalue weighted by molar-refractivity contribution is 9.11. The summed E-state index contributed by atoms with van der Waals surface area (Å²) in [4.78, 5) is 0. The van der Waals surface area contributed by atoms with Crippen molar-refractivity contribution in [3.05, 3.63) is 56.5 Å². The number of alkyl halides is 3. The first kappa shape index (κ1) is 17.1. The summed E-state index contributed by atoms with van der Waals surface area (Å²) < 4.78 is 41.3. The zero-order chi connectivity index (χ0) is 16.5. The molecule has 8 heteroatoms. The molecular formula is C14H10Br2F3NO2. The van der Waals surface area contributed by atoms with E-state index in [2.05, 4.69) is 36.6 Å². The Labute approximate surface area is 141 Å². The molecule has 0 radical (unpaired) electrons. The van der Waals surface area contributed by atoms with Gasteiger partial charge in [-0.05, 0) is 45.8 Å². The van der Waals surface area contributed by atoms with Crippen LogP contribution in [0.2, 0.25) is 0 Å². The molecule has 2 rings (SSSR count). The molecule has 0 aliphatic heterocycles. The van der Waals surface area contributed by atoms with Gasteiger partial charge in [-0.2, -0.15) is 0 Å². The van der Waals surface area contributed by atoms with Crippen LogP contribution in [-0.4, -0.2) is 11.5 Å². The molecule has 2 aromatic carbocycles. The van der Waals surface area contributed by atoms with E-state index < -0.39 is 12.4 Å². The lowest BCUT2D eigenvalue weighted by atomic mass is 9.99. The van der Waals surface area contributed by atoms with Crippen molar-refractivity contribution in [3.8, 4) is 11.5 Å². The van der Waals surface area contributed by atoms with Gasteiger partial charge in [0.1, 0.15) is 11.5 Å². The lowest BCUT2D eigenvalue weighted by molar-refractivity contribution is -0.274. The molecule has 118 valence electrons. The van der Waals surface area contributed by atoms with E-state index in [1.807, 2.05) is 0 Å². The number of phenolic OH excluding ortho intramolecular Hbond substituents is 1. The van der Waals surface area contributed by atoms with E-state index in [0.717, 1.165) is 0 Å². The van der Waals surface area contributed by atoms with E-state index in [1.165, 1.54) is 24.3 Å². The normalized spacial score (nSPS) is 13.0. The Balaban J connectivity index is 2.29. The van der Waals surface area contributed by atoms with Crippen LogP contribution in [-0.2, 0) is 0 Å². The van der Waals surface area contributed by atoms with Crippen LogP contribution in [0.3, 0.4) is 0 Å². The lowest BCUT2D eigenvalue weighted by Gasteiger charge is -2.16. The molecule has 0 unspecified atom stereocenters. The van der Waals surface area contributed by atoms with Gasteiger partial charge in [0.15, 0.2) is 0 Å². The minimum Gasteiger partial charge on any atom is -0.506 e. The summed E-state index contributed by atoms with van der Waals surface area (Å²) in [5, 5.41) is 10.0. The number of hydrogen-bond acceptors (Lipinski definition) is 3. The fourth-order valence-electron chi connectivity index (χ4n) is 1.88. The quantitative estimate of drug-likeness (QED) is 0.716. The number of nitrogens with two attached hydrogens (primary N) is 1. The highest BCUT2D eigenvalue weighted by Gasteiger charge is 2.31. The molecular weight excluding hydrogens is 431 g/mol. The molecule has 0 aliphatic rings. The first-order chi connectivity index (χ1) is 10.2. The van der Waals surface area contributed by atoms with Gasteiger partial charge in [-0.25, -0.2) is 0 Å². The van der Waals surface area contributed by atoms with Gasteiger partial charge in [0.05, 0.1) is 10.5 Å². The zero-order valence-corrected chi connectivity index (χ0v) is 14.0.